The average Bonchev–Trinajstić information content (AvgIpc) is 3.33. The lowest BCUT2D eigenvalue weighted by Crippen LogP contribution is -2.50. The number of likely N-dealkylation sites (tertiary alicyclic amines) is 2. The third kappa shape index (κ3) is 4.80. The van der Waals surface area contributed by atoms with Crippen LogP contribution in [0.25, 0.3) is 0 Å². The summed E-state index contributed by atoms with van der Waals surface area (Å²) in [5, 5.41) is 21.7. The zero-order valence-electron chi connectivity index (χ0n) is 17.5. The average molecular weight is 410 g/mol. The Morgan fingerprint density at radius 1 is 1.30 bits per heavy atom. The van der Waals surface area contributed by atoms with E-state index in [2.05, 4.69) is 22.4 Å². The van der Waals surface area contributed by atoms with Gasteiger partial charge in [0, 0.05) is 25.3 Å². The lowest BCUT2D eigenvalue weighted by molar-refractivity contribution is -0.135. The Morgan fingerprint density at radius 2 is 2.07 bits per heavy atom. The van der Waals surface area contributed by atoms with E-state index in [1.165, 1.54) is 11.1 Å². The maximum absolute atomic E-state index is 13.2. The SMILES string of the molecule is CC(C)(C)OC(=O)N1C[C@@H](Nc2cc(C#N)ccn2)C[C@H]1C(=O)N1CCC[C@H]1C#N. The maximum atomic E-state index is 13.2. The summed E-state index contributed by atoms with van der Waals surface area (Å²) in [6.45, 7) is 6.10. The monoisotopic (exact) mass is 410 g/mol. The zero-order valence-corrected chi connectivity index (χ0v) is 17.5. The topological polar surface area (TPSA) is 122 Å². The number of carbonyl (C=O) groups excluding carboxylic acids is 2. The quantitative estimate of drug-likeness (QED) is 0.811. The summed E-state index contributed by atoms with van der Waals surface area (Å²) in [6.07, 6.45) is 2.76. The van der Waals surface area contributed by atoms with Crippen molar-refractivity contribution in [1.82, 2.24) is 14.8 Å². The van der Waals surface area contributed by atoms with Crippen molar-refractivity contribution in [1.29, 1.82) is 10.5 Å². The predicted molar refractivity (Wildman–Crippen MR) is 108 cm³/mol. The number of nitrogens with one attached hydrogen (secondary N) is 1. The van der Waals surface area contributed by atoms with E-state index in [1.54, 1.807) is 37.8 Å². The van der Waals surface area contributed by atoms with Crippen molar-refractivity contribution >= 4 is 17.8 Å². The third-order valence-corrected chi connectivity index (χ3v) is 5.14. The molecular weight excluding hydrogens is 384 g/mol. The van der Waals surface area contributed by atoms with Crippen LogP contribution in [0.15, 0.2) is 18.3 Å². The second kappa shape index (κ2) is 8.58. The highest BCUT2D eigenvalue weighted by Gasteiger charge is 2.45. The molecule has 30 heavy (non-hydrogen) atoms. The Balaban J connectivity index is 1.80. The van der Waals surface area contributed by atoms with E-state index in [9.17, 15) is 14.9 Å². The number of aromatic nitrogens is 1. The smallest absolute Gasteiger partial charge is 0.411 e. The van der Waals surface area contributed by atoms with Gasteiger partial charge in [0.1, 0.15) is 23.5 Å². The van der Waals surface area contributed by atoms with Crippen LogP contribution in [0.2, 0.25) is 0 Å². The van der Waals surface area contributed by atoms with Crippen LogP contribution in [0.3, 0.4) is 0 Å². The lowest BCUT2D eigenvalue weighted by Gasteiger charge is -2.30. The van der Waals surface area contributed by atoms with Gasteiger partial charge in [0.15, 0.2) is 0 Å². The minimum atomic E-state index is -0.717. The van der Waals surface area contributed by atoms with Crippen molar-refractivity contribution in [2.24, 2.45) is 0 Å². The molecule has 3 rings (SSSR count). The van der Waals surface area contributed by atoms with Crippen LogP contribution in [0.4, 0.5) is 10.6 Å². The number of hydrogen-bond acceptors (Lipinski definition) is 7. The van der Waals surface area contributed by atoms with Crippen molar-refractivity contribution < 1.29 is 14.3 Å². The van der Waals surface area contributed by atoms with Crippen LogP contribution in [0.1, 0.15) is 45.6 Å². The first-order valence-corrected chi connectivity index (χ1v) is 10.0. The molecule has 2 fully saturated rings. The summed E-state index contributed by atoms with van der Waals surface area (Å²) in [7, 11) is 0. The van der Waals surface area contributed by atoms with Crippen molar-refractivity contribution in [2.45, 2.75) is 63.8 Å². The molecule has 1 aromatic rings. The number of nitrogens with zero attached hydrogens (tertiary/aromatic N) is 5. The van der Waals surface area contributed by atoms with Crippen molar-refractivity contribution in [3.05, 3.63) is 23.9 Å². The fourth-order valence-corrected chi connectivity index (χ4v) is 3.84. The van der Waals surface area contributed by atoms with Gasteiger partial charge in [-0.1, -0.05) is 0 Å². The van der Waals surface area contributed by atoms with E-state index in [0.717, 1.165) is 6.42 Å². The number of hydrogen-bond donors (Lipinski definition) is 1. The molecule has 0 aliphatic carbocycles. The lowest BCUT2D eigenvalue weighted by atomic mass is 10.1. The number of amides is 2. The Labute approximate surface area is 176 Å². The molecule has 3 atom stereocenters. The van der Waals surface area contributed by atoms with Gasteiger partial charge in [-0.05, 0) is 52.2 Å². The van der Waals surface area contributed by atoms with Crippen molar-refractivity contribution in [3.8, 4) is 12.1 Å². The molecule has 158 valence electrons. The first kappa shape index (κ1) is 21.4. The highest BCUT2D eigenvalue weighted by atomic mass is 16.6. The zero-order chi connectivity index (χ0) is 21.9. The van der Waals surface area contributed by atoms with Crippen LogP contribution in [0.5, 0.6) is 0 Å². The van der Waals surface area contributed by atoms with E-state index in [0.29, 0.717) is 30.8 Å². The fourth-order valence-electron chi connectivity index (χ4n) is 3.84. The number of nitriles is 2. The second-order valence-corrected chi connectivity index (χ2v) is 8.59. The number of rotatable bonds is 3. The molecule has 9 heteroatoms. The van der Waals surface area contributed by atoms with Crippen LogP contribution < -0.4 is 5.32 Å². The minimum Gasteiger partial charge on any atom is -0.444 e. The Kier molecular flexibility index (Phi) is 6.12. The van der Waals surface area contributed by atoms with E-state index in [1.807, 2.05) is 0 Å². The van der Waals surface area contributed by atoms with E-state index in [-0.39, 0.29) is 18.5 Å². The molecule has 1 N–H and O–H groups in total. The summed E-state index contributed by atoms with van der Waals surface area (Å²) in [6, 6.07) is 6.06. The number of anilines is 1. The van der Waals surface area contributed by atoms with Gasteiger partial charge in [-0.2, -0.15) is 10.5 Å². The largest absolute Gasteiger partial charge is 0.444 e. The molecule has 2 aliphatic rings. The van der Waals surface area contributed by atoms with E-state index < -0.39 is 23.8 Å². The molecule has 0 bridgehead atoms. The standard InChI is InChI=1S/C21H26N6O3/c1-21(2,3)30-20(29)27-13-15(25-18-9-14(11-22)6-7-24-18)10-17(27)19(28)26-8-4-5-16(26)12-23/h6-7,9,15-17H,4-5,8,10,13H2,1-3H3,(H,24,25)/t15-,16-,17-/m0/s1. The normalized spacial score (nSPS) is 23.6. The highest BCUT2D eigenvalue weighted by molar-refractivity contribution is 5.87. The predicted octanol–water partition coefficient (Wildman–Crippen LogP) is 2.26. The van der Waals surface area contributed by atoms with Crippen LogP contribution in [-0.2, 0) is 9.53 Å². The van der Waals surface area contributed by atoms with E-state index in [4.69, 9.17) is 10.00 Å². The molecular formula is C21H26N6O3. The van der Waals surface area contributed by atoms with Gasteiger partial charge in [0.25, 0.3) is 0 Å². The number of carbonyl (C=O) groups is 2. The second-order valence-electron chi connectivity index (χ2n) is 8.59. The molecule has 2 amide bonds. The van der Waals surface area contributed by atoms with Crippen LogP contribution >= 0.6 is 0 Å². The third-order valence-electron chi connectivity index (χ3n) is 5.14. The van der Waals surface area contributed by atoms with Gasteiger partial charge >= 0.3 is 6.09 Å². The van der Waals surface area contributed by atoms with Gasteiger partial charge in [-0.3, -0.25) is 9.69 Å². The van der Waals surface area contributed by atoms with Gasteiger partial charge in [0.2, 0.25) is 5.91 Å². The molecule has 2 saturated heterocycles. The van der Waals surface area contributed by atoms with Crippen LogP contribution in [-0.4, -0.2) is 63.6 Å². The number of pyridine rings is 1. The Morgan fingerprint density at radius 3 is 2.73 bits per heavy atom. The molecule has 9 nitrogen and oxygen atoms in total. The first-order valence-electron chi connectivity index (χ1n) is 10.0. The van der Waals surface area contributed by atoms with Gasteiger partial charge < -0.3 is 15.0 Å². The molecule has 3 heterocycles. The molecule has 0 unspecified atom stereocenters. The van der Waals surface area contributed by atoms with Gasteiger partial charge in [-0.15, -0.1) is 0 Å². The Hall–Kier alpha value is -3.33. The summed E-state index contributed by atoms with van der Waals surface area (Å²) >= 11 is 0. The van der Waals surface area contributed by atoms with E-state index >= 15 is 0 Å². The molecule has 1 aromatic heterocycles. The summed E-state index contributed by atoms with van der Waals surface area (Å²) in [5.74, 6) is 0.278. The fraction of sp³-hybridized carbons (Fsp3) is 0.571. The molecule has 0 spiro atoms. The van der Waals surface area contributed by atoms with Crippen molar-refractivity contribution in [3.63, 3.8) is 0 Å². The molecule has 0 radical (unpaired) electrons. The minimum absolute atomic E-state index is 0.229. The highest BCUT2D eigenvalue weighted by Crippen LogP contribution is 2.28. The van der Waals surface area contributed by atoms with Gasteiger partial charge in [-0.25, -0.2) is 9.78 Å². The molecule has 2 aliphatic heterocycles. The summed E-state index contributed by atoms with van der Waals surface area (Å²) in [4.78, 5) is 33.3. The first-order chi connectivity index (χ1) is 14.2. The Bertz CT molecular complexity index is 897. The molecule has 0 saturated carbocycles. The van der Waals surface area contributed by atoms with Gasteiger partial charge in [0.05, 0.1) is 17.7 Å². The summed E-state index contributed by atoms with van der Waals surface area (Å²) in [5.41, 5.74) is -0.224. The van der Waals surface area contributed by atoms with Crippen LogP contribution in [0, 0.1) is 22.7 Å². The number of ether oxygens (including phenoxy) is 1. The maximum Gasteiger partial charge on any atom is 0.411 e. The summed E-state index contributed by atoms with van der Waals surface area (Å²) < 4.78 is 5.52. The van der Waals surface area contributed by atoms with Crippen molar-refractivity contribution in [2.75, 3.05) is 18.4 Å². The molecule has 0 aromatic carbocycles.